The van der Waals surface area contributed by atoms with Crippen molar-refractivity contribution in [2.75, 3.05) is 25.4 Å². The summed E-state index contributed by atoms with van der Waals surface area (Å²) in [7, 11) is 0. The predicted molar refractivity (Wildman–Crippen MR) is 109 cm³/mol. The second-order valence-electron chi connectivity index (χ2n) is 7.59. The van der Waals surface area contributed by atoms with E-state index in [1.54, 1.807) is 12.1 Å². The van der Waals surface area contributed by atoms with Crippen molar-refractivity contribution in [3.05, 3.63) is 40.4 Å². The summed E-state index contributed by atoms with van der Waals surface area (Å²) in [6.07, 6.45) is 3.04. The van der Waals surface area contributed by atoms with Crippen LogP contribution in [-0.4, -0.2) is 47.3 Å². The first-order valence-electron chi connectivity index (χ1n) is 9.17. The monoisotopic (exact) mass is 405 g/mol. The lowest BCUT2D eigenvalue weighted by Gasteiger charge is -2.47. The van der Waals surface area contributed by atoms with E-state index in [4.69, 9.17) is 17.3 Å². The highest BCUT2D eigenvalue weighted by Crippen LogP contribution is 2.40. The number of rotatable bonds is 1. The number of halogens is 2. The van der Waals surface area contributed by atoms with Gasteiger partial charge in [0.2, 0.25) is 0 Å². The Balaban J connectivity index is 0.00000180. The van der Waals surface area contributed by atoms with E-state index in [0.717, 1.165) is 38.9 Å². The van der Waals surface area contributed by atoms with Crippen LogP contribution in [0.3, 0.4) is 0 Å². The molecule has 0 radical (unpaired) electrons. The number of nitrogens with zero attached hydrogens (tertiary/aromatic N) is 2. The van der Waals surface area contributed by atoms with Crippen LogP contribution >= 0.6 is 24.0 Å². The van der Waals surface area contributed by atoms with Crippen molar-refractivity contribution >= 4 is 52.3 Å². The topological polar surface area (TPSA) is 66.6 Å². The van der Waals surface area contributed by atoms with Crippen molar-refractivity contribution in [1.29, 1.82) is 0 Å². The van der Waals surface area contributed by atoms with Gasteiger partial charge in [-0.25, -0.2) is 0 Å². The molecule has 2 amide bonds. The SMILES string of the molecule is Cl.Nc1c(Cl)cc2c3c(cccc13)C(=O)N(C1CCN3CCCC1C3)C2=O. The number of fused-ring (bicyclic) bond motifs is 2. The quantitative estimate of drug-likeness (QED) is 0.581. The Bertz CT molecular complexity index is 962. The molecule has 2 aromatic carbocycles. The van der Waals surface area contributed by atoms with Gasteiger partial charge in [-0.15, -0.1) is 12.4 Å². The summed E-state index contributed by atoms with van der Waals surface area (Å²) in [5.74, 6) is -0.0705. The molecule has 5 nitrogen and oxygen atoms in total. The molecule has 3 aliphatic rings. The number of amides is 2. The number of benzene rings is 2. The normalized spacial score (nSPS) is 26.9. The molecule has 0 spiro atoms. The molecule has 3 heterocycles. The third-order valence-electron chi connectivity index (χ3n) is 6.21. The molecule has 3 unspecified atom stereocenters. The molecule has 3 aliphatic heterocycles. The fraction of sp³-hybridized carbons (Fsp3) is 0.400. The number of imide groups is 1. The molecule has 7 heteroatoms. The lowest BCUT2D eigenvalue weighted by Crippen LogP contribution is -2.57. The summed E-state index contributed by atoms with van der Waals surface area (Å²) < 4.78 is 0. The molecule has 2 aromatic rings. The zero-order valence-electron chi connectivity index (χ0n) is 14.8. The van der Waals surface area contributed by atoms with Crippen LogP contribution in [0.1, 0.15) is 40.0 Å². The predicted octanol–water partition coefficient (Wildman–Crippen LogP) is 3.58. The van der Waals surface area contributed by atoms with Crippen LogP contribution in [0, 0.1) is 5.92 Å². The first-order chi connectivity index (χ1) is 12.6. The molecule has 2 saturated heterocycles. The second-order valence-corrected chi connectivity index (χ2v) is 7.99. The van der Waals surface area contributed by atoms with Crippen LogP contribution in [0.15, 0.2) is 24.3 Å². The van der Waals surface area contributed by atoms with Crippen LogP contribution < -0.4 is 5.73 Å². The van der Waals surface area contributed by atoms with Gasteiger partial charge < -0.3 is 10.6 Å². The smallest absolute Gasteiger partial charge is 0.261 e. The van der Waals surface area contributed by atoms with Gasteiger partial charge in [0.15, 0.2) is 0 Å². The molecule has 3 atom stereocenters. The van der Waals surface area contributed by atoms with Gasteiger partial charge >= 0.3 is 0 Å². The molecule has 27 heavy (non-hydrogen) atoms. The molecular formula is C20H21Cl2N3O2. The Labute approximate surface area is 168 Å². The second kappa shape index (κ2) is 6.66. The Morgan fingerprint density at radius 2 is 1.85 bits per heavy atom. The lowest BCUT2D eigenvalue weighted by atomic mass is 9.82. The summed E-state index contributed by atoms with van der Waals surface area (Å²) in [5.41, 5.74) is 7.56. The average Bonchev–Trinajstić information content (AvgIpc) is 2.65. The molecule has 2 N–H and O–H groups in total. The largest absolute Gasteiger partial charge is 0.397 e. The highest BCUT2D eigenvalue weighted by atomic mass is 35.5. The Morgan fingerprint density at radius 3 is 2.67 bits per heavy atom. The highest BCUT2D eigenvalue weighted by Gasteiger charge is 2.43. The van der Waals surface area contributed by atoms with Crippen molar-refractivity contribution in [3.63, 3.8) is 0 Å². The van der Waals surface area contributed by atoms with Crippen LogP contribution in [-0.2, 0) is 0 Å². The van der Waals surface area contributed by atoms with E-state index >= 15 is 0 Å². The van der Waals surface area contributed by atoms with Crippen molar-refractivity contribution in [2.45, 2.75) is 25.3 Å². The van der Waals surface area contributed by atoms with E-state index < -0.39 is 0 Å². The van der Waals surface area contributed by atoms with Crippen molar-refractivity contribution in [2.24, 2.45) is 5.92 Å². The maximum Gasteiger partial charge on any atom is 0.261 e. The summed E-state index contributed by atoms with van der Waals surface area (Å²) in [4.78, 5) is 30.6. The maximum absolute atomic E-state index is 13.3. The number of hydrogen-bond donors (Lipinski definition) is 1. The third kappa shape index (κ3) is 2.64. The van der Waals surface area contributed by atoms with Gasteiger partial charge in [0.05, 0.1) is 16.3 Å². The number of nitrogens with two attached hydrogens (primary N) is 1. The maximum atomic E-state index is 13.3. The third-order valence-corrected chi connectivity index (χ3v) is 6.52. The van der Waals surface area contributed by atoms with Crippen LogP contribution in [0.4, 0.5) is 5.69 Å². The molecule has 142 valence electrons. The Kier molecular flexibility index (Phi) is 4.57. The van der Waals surface area contributed by atoms with Gasteiger partial charge in [-0.3, -0.25) is 14.5 Å². The molecule has 0 saturated carbocycles. The van der Waals surface area contributed by atoms with E-state index in [0.29, 0.717) is 38.5 Å². The zero-order valence-corrected chi connectivity index (χ0v) is 16.4. The average molecular weight is 406 g/mol. The van der Waals surface area contributed by atoms with Gasteiger partial charge in [-0.05, 0) is 43.9 Å². The van der Waals surface area contributed by atoms with Crippen LogP contribution in [0.2, 0.25) is 5.02 Å². The van der Waals surface area contributed by atoms with Crippen molar-refractivity contribution in [3.8, 4) is 0 Å². The molecular weight excluding hydrogens is 385 g/mol. The minimum Gasteiger partial charge on any atom is -0.397 e. The molecule has 0 aromatic heterocycles. The van der Waals surface area contributed by atoms with E-state index in [-0.39, 0.29) is 30.3 Å². The number of anilines is 1. The van der Waals surface area contributed by atoms with Crippen LogP contribution in [0.25, 0.3) is 10.8 Å². The standard InChI is InChI=1S/C20H20ClN3O2.ClH/c21-15-9-14-17-12(18(15)22)4-1-5-13(17)19(25)24(20(14)26)16-6-8-23-7-2-3-11(16)10-23;/h1,4-5,9,11,16H,2-3,6-8,10,22H2;1H. The highest BCUT2D eigenvalue weighted by molar-refractivity contribution is 6.37. The van der Waals surface area contributed by atoms with E-state index in [2.05, 4.69) is 4.90 Å². The molecule has 2 bridgehead atoms. The van der Waals surface area contributed by atoms with E-state index in [1.807, 2.05) is 12.1 Å². The van der Waals surface area contributed by atoms with Gasteiger partial charge in [0.25, 0.3) is 11.8 Å². The van der Waals surface area contributed by atoms with E-state index in [9.17, 15) is 9.59 Å². The van der Waals surface area contributed by atoms with Crippen LogP contribution in [0.5, 0.6) is 0 Å². The summed E-state index contributed by atoms with van der Waals surface area (Å²) >= 11 is 6.28. The number of carbonyl (C=O) groups is 2. The minimum atomic E-state index is -0.232. The number of hydrogen-bond acceptors (Lipinski definition) is 4. The molecule has 0 aliphatic carbocycles. The van der Waals surface area contributed by atoms with E-state index in [1.165, 1.54) is 4.90 Å². The first kappa shape index (κ1) is 18.5. The fourth-order valence-electron chi connectivity index (χ4n) is 4.97. The number of carbonyl (C=O) groups excluding carboxylic acids is 2. The van der Waals surface area contributed by atoms with Crippen molar-refractivity contribution < 1.29 is 9.59 Å². The number of piperidine rings is 2. The zero-order chi connectivity index (χ0) is 18.0. The Morgan fingerprint density at radius 1 is 1.07 bits per heavy atom. The summed E-state index contributed by atoms with van der Waals surface area (Å²) in [6.45, 7) is 3.04. The first-order valence-corrected chi connectivity index (χ1v) is 9.55. The molecule has 2 fully saturated rings. The fourth-order valence-corrected chi connectivity index (χ4v) is 5.18. The van der Waals surface area contributed by atoms with Gasteiger partial charge in [-0.2, -0.15) is 0 Å². The van der Waals surface area contributed by atoms with Gasteiger partial charge in [0.1, 0.15) is 0 Å². The molecule has 5 rings (SSSR count). The van der Waals surface area contributed by atoms with Gasteiger partial charge in [0, 0.05) is 35.5 Å². The minimum absolute atomic E-state index is 0. The lowest BCUT2D eigenvalue weighted by molar-refractivity contribution is 0.0211. The summed E-state index contributed by atoms with van der Waals surface area (Å²) in [5, 5.41) is 1.68. The Hall–Kier alpha value is -1.82. The van der Waals surface area contributed by atoms with Gasteiger partial charge in [-0.1, -0.05) is 23.7 Å². The summed E-state index contributed by atoms with van der Waals surface area (Å²) in [6, 6.07) is 7.01. The number of nitrogen functional groups attached to an aromatic ring is 1. The van der Waals surface area contributed by atoms with Crippen molar-refractivity contribution in [1.82, 2.24) is 9.80 Å².